The van der Waals surface area contributed by atoms with Crippen molar-refractivity contribution >= 4 is 13.3 Å². The third-order valence-electron chi connectivity index (χ3n) is 8.86. The molecule has 246 valence electrons. The topological polar surface area (TPSA) is 46.0 Å². The standard InChI is InChI=1S/C43H43N2OSi.Pt/c1-28(2)36-15-11-16-37(29(3)4)43(36)34-26-40(45-41(27-34)38-14-8-9-17-42(38)46)33-13-10-12-32(24-33)39-25-31(22-23-44-39)30-18-20-35(21-19-30)47(5,6)7;/h8-23,25-29,46H,1-7H3;/q-1;. The van der Waals surface area contributed by atoms with E-state index in [9.17, 15) is 5.11 Å². The van der Waals surface area contributed by atoms with Crippen molar-refractivity contribution in [3.05, 3.63) is 133 Å². The molecule has 0 aliphatic carbocycles. The molecule has 0 aliphatic rings. The number of benzene rings is 4. The molecule has 6 rings (SSSR count). The maximum absolute atomic E-state index is 10.9. The van der Waals surface area contributed by atoms with Crippen LogP contribution < -0.4 is 5.19 Å². The number of nitrogens with zero attached hydrogens (tertiary/aromatic N) is 2. The Bertz CT molecular complexity index is 2020. The van der Waals surface area contributed by atoms with Crippen LogP contribution in [-0.4, -0.2) is 23.1 Å². The van der Waals surface area contributed by atoms with Gasteiger partial charge in [-0.25, -0.2) is 0 Å². The molecule has 0 atom stereocenters. The second-order valence-electron chi connectivity index (χ2n) is 14.0. The van der Waals surface area contributed by atoms with Crippen molar-refractivity contribution < 1.29 is 26.2 Å². The molecule has 0 fully saturated rings. The van der Waals surface area contributed by atoms with Crippen molar-refractivity contribution in [1.82, 2.24) is 9.97 Å². The Morgan fingerprint density at radius 1 is 0.604 bits per heavy atom. The smallest absolute Gasteiger partial charge is 0.124 e. The molecule has 0 aliphatic heterocycles. The summed E-state index contributed by atoms with van der Waals surface area (Å²) in [7, 11) is -1.37. The van der Waals surface area contributed by atoms with E-state index in [4.69, 9.17) is 9.97 Å². The average Bonchev–Trinajstić information content (AvgIpc) is 3.07. The third-order valence-corrected chi connectivity index (χ3v) is 10.9. The molecule has 0 saturated heterocycles. The fraction of sp³-hybridized carbons (Fsp3) is 0.209. The first-order chi connectivity index (χ1) is 22.5. The molecular weight excluding hydrogens is 784 g/mol. The number of hydrogen-bond donors (Lipinski definition) is 1. The number of para-hydroxylation sites is 1. The van der Waals surface area contributed by atoms with E-state index in [0.29, 0.717) is 17.4 Å². The molecule has 4 aromatic carbocycles. The summed E-state index contributed by atoms with van der Waals surface area (Å²) in [5.74, 6) is 0.892. The minimum Gasteiger partial charge on any atom is -0.507 e. The maximum atomic E-state index is 10.9. The molecule has 2 aromatic heterocycles. The van der Waals surface area contributed by atoms with Crippen LogP contribution in [0.4, 0.5) is 0 Å². The number of hydrogen-bond acceptors (Lipinski definition) is 3. The summed E-state index contributed by atoms with van der Waals surface area (Å²) in [4.78, 5) is 9.88. The van der Waals surface area contributed by atoms with Crippen molar-refractivity contribution in [2.75, 3.05) is 0 Å². The van der Waals surface area contributed by atoms with Gasteiger partial charge in [-0.05, 0) is 69.5 Å². The Labute approximate surface area is 301 Å². The summed E-state index contributed by atoms with van der Waals surface area (Å²) in [5, 5.41) is 12.3. The zero-order valence-electron chi connectivity index (χ0n) is 28.8. The molecule has 6 aromatic rings. The Balaban J connectivity index is 0.00000451. The summed E-state index contributed by atoms with van der Waals surface area (Å²) < 4.78 is 0. The van der Waals surface area contributed by atoms with Crippen molar-refractivity contribution in [2.45, 2.75) is 59.2 Å². The summed E-state index contributed by atoms with van der Waals surface area (Å²) >= 11 is 0. The number of phenolic OH excluding ortho intramolecular Hbond substituents is 1. The predicted octanol–water partition coefficient (Wildman–Crippen LogP) is 11.1. The van der Waals surface area contributed by atoms with Crippen molar-refractivity contribution in [3.8, 4) is 61.8 Å². The van der Waals surface area contributed by atoms with Gasteiger partial charge in [0, 0.05) is 44.2 Å². The minimum absolute atomic E-state index is 0. The molecule has 48 heavy (non-hydrogen) atoms. The maximum Gasteiger partial charge on any atom is 0.124 e. The molecule has 0 unspecified atom stereocenters. The monoisotopic (exact) mass is 826 g/mol. The molecule has 0 bridgehead atoms. The fourth-order valence-corrected chi connectivity index (χ4v) is 7.38. The zero-order chi connectivity index (χ0) is 33.3. The Morgan fingerprint density at radius 3 is 1.81 bits per heavy atom. The molecule has 3 nitrogen and oxygen atoms in total. The van der Waals surface area contributed by atoms with Gasteiger partial charge in [0.05, 0.1) is 13.8 Å². The number of aromatic nitrogens is 2. The van der Waals surface area contributed by atoms with Gasteiger partial charge in [0.15, 0.2) is 0 Å². The largest absolute Gasteiger partial charge is 0.507 e. The first kappa shape index (κ1) is 35.2. The molecule has 1 N–H and O–H groups in total. The summed E-state index contributed by atoms with van der Waals surface area (Å²) in [6.45, 7) is 16.1. The molecule has 2 heterocycles. The molecule has 0 amide bonds. The Hall–Kier alpha value is -4.11. The second kappa shape index (κ2) is 14.6. The first-order valence-electron chi connectivity index (χ1n) is 16.5. The minimum atomic E-state index is -1.37. The van der Waals surface area contributed by atoms with E-state index in [1.54, 1.807) is 6.07 Å². The first-order valence-corrected chi connectivity index (χ1v) is 20.0. The van der Waals surface area contributed by atoms with E-state index >= 15 is 0 Å². The van der Waals surface area contributed by atoms with Gasteiger partial charge in [0.2, 0.25) is 0 Å². The summed E-state index contributed by atoms with van der Waals surface area (Å²) in [5.41, 5.74) is 12.1. The number of pyridine rings is 2. The van der Waals surface area contributed by atoms with Gasteiger partial charge in [-0.15, -0.1) is 24.3 Å². The molecule has 0 spiro atoms. The Morgan fingerprint density at radius 2 is 1.19 bits per heavy atom. The van der Waals surface area contributed by atoms with Crippen LogP contribution in [0, 0.1) is 6.07 Å². The summed E-state index contributed by atoms with van der Waals surface area (Å²) in [6.07, 6.45) is 1.88. The van der Waals surface area contributed by atoms with Crippen molar-refractivity contribution in [1.29, 1.82) is 0 Å². The van der Waals surface area contributed by atoms with Gasteiger partial charge in [0.1, 0.15) is 5.75 Å². The average molecular weight is 827 g/mol. The SMILES string of the molecule is CC(C)c1cccc(C(C)C)c1-c1cc(-c2[c-]c(-c3cc(-c4ccc([Si](C)(C)C)cc4)ccn3)ccc2)nc(-c2ccccc2O)c1.[Pt]. The van der Waals surface area contributed by atoms with E-state index in [0.717, 1.165) is 39.3 Å². The third kappa shape index (κ3) is 7.46. The van der Waals surface area contributed by atoms with Crippen LogP contribution in [0.25, 0.3) is 56.0 Å². The normalized spacial score (nSPS) is 11.5. The van der Waals surface area contributed by atoms with Crippen LogP contribution in [0.1, 0.15) is 50.7 Å². The number of aromatic hydroxyl groups is 1. The Kier molecular flexibility index (Phi) is 10.7. The molecule has 0 saturated carbocycles. The van der Waals surface area contributed by atoms with E-state index < -0.39 is 8.07 Å². The van der Waals surface area contributed by atoms with Gasteiger partial charge in [-0.3, -0.25) is 9.97 Å². The van der Waals surface area contributed by atoms with Crippen LogP contribution in [-0.2, 0) is 21.1 Å². The second-order valence-corrected chi connectivity index (χ2v) is 19.1. The van der Waals surface area contributed by atoms with Crippen LogP contribution in [0.5, 0.6) is 5.75 Å². The van der Waals surface area contributed by atoms with Gasteiger partial charge in [-0.1, -0.05) is 130 Å². The van der Waals surface area contributed by atoms with Gasteiger partial charge in [-0.2, -0.15) is 0 Å². The van der Waals surface area contributed by atoms with Crippen LogP contribution >= 0.6 is 0 Å². The van der Waals surface area contributed by atoms with E-state index in [2.05, 4.69) is 132 Å². The van der Waals surface area contributed by atoms with Crippen LogP contribution in [0.2, 0.25) is 19.6 Å². The predicted molar refractivity (Wildman–Crippen MR) is 201 cm³/mol. The van der Waals surface area contributed by atoms with Gasteiger partial charge >= 0.3 is 0 Å². The molecule has 0 radical (unpaired) electrons. The quantitative estimate of drug-likeness (QED) is 0.123. The van der Waals surface area contributed by atoms with Crippen molar-refractivity contribution in [3.63, 3.8) is 0 Å². The van der Waals surface area contributed by atoms with E-state index in [1.165, 1.54) is 27.4 Å². The fourth-order valence-electron chi connectivity index (χ4n) is 6.21. The molecule has 5 heteroatoms. The molecular formula is C43H43N2OPtSi-. The van der Waals surface area contributed by atoms with E-state index in [1.807, 2.05) is 30.5 Å². The van der Waals surface area contributed by atoms with Crippen molar-refractivity contribution in [2.24, 2.45) is 0 Å². The zero-order valence-corrected chi connectivity index (χ0v) is 32.1. The number of rotatable bonds is 8. The van der Waals surface area contributed by atoms with Gasteiger partial charge in [0.25, 0.3) is 0 Å². The van der Waals surface area contributed by atoms with Crippen LogP contribution in [0.3, 0.4) is 0 Å². The van der Waals surface area contributed by atoms with Gasteiger partial charge < -0.3 is 5.11 Å². The summed E-state index contributed by atoms with van der Waals surface area (Å²) in [6, 6.07) is 41.4. The van der Waals surface area contributed by atoms with Crippen LogP contribution in [0.15, 0.2) is 115 Å². The number of phenols is 1. The van der Waals surface area contributed by atoms with E-state index in [-0.39, 0.29) is 26.8 Å².